The van der Waals surface area contributed by atoms with Crippen molar-refractivity contribution < 1.29 is 4.74 Å². The van der Waals surface area contributed by atoms with Crippen molar-refractivity contribution in [1.29, 1.82) is 0 Å². The second-order valence-electron chi connectivity index (χ2n) is 6.21. The molecule has 0 aliphatic rings. The van der Waals surface area contributed by atoms with Gasteiger partial charge in [-0.25, -0.2) is 4.98 Å². The van der Waals surface area contributed by atoms with Crippen LogP contribution >= 0.6 is 0 Å². The summed E-state index contributed by atoms with van der Waals surface area (Å²) in [6.07, 6.45) is 3.13. The Kier molecular flexibility index (Phi) is 7.51. The predicted molar refractivity (Wildman–Crippen MR) is 105 cm³/mol. The second kappa shape index (κ2) is 9.87. The fourth-order valence-electron chi connectivity index (χ4n) is 2.82. The highest BCUT2D eigenvalue weighted by Crippen LogP contribution is 2.16. The summed E-state index contributed by atoms with van der Waals surface area (Å²) in [7, 11) is 1.69. The standard InChI is InChI=1S/C20H30N4O/c1-5-12-24(13-6-2)19-14-16(3)22-20(23-19)21-11-10-17-8-7-9-18(15-17)25-4/h7-9,14-15H,5-6,10-13H2,1-4H3,(H,21,22,23). The maximum absolute atomic E-state index is 5.27. The number of ether oxygens (including phenoxy) is 1. The van der Waals surface area contributed by atoms with Crippen LogP contribution in [0.3, 0.4) is 0 Å². The van der Waals surface area contributed by atoms with Gasteiger partial charge in [-0.05, 0) is 43.9 Å². The fourth-order valence-corrected chi connectivity index (χ4v) is 2.82. The number of aromatic nitrogens is 2. The maximum Gasteiger partial charge on any atom is 0.224 e. The van der Waals surface area contributed by atoms with E-state index in [-0.39, 0.29) is 0 Å². The molecule has 0 saturated heterocycles. The summed E-state index contributed by atoms with van der Waals surface area (Å²) < 4.78 is 5.27. The molecular weight excluding hydrogens is 312 g/mol. The highest BCUT2D eigenvalue weighted by atomic mass is 16.5. The lowest BCUT2D eigenvalue weighted by Gasteiger charge is -2.23. The molecule has 136 valence electrons. The minimum absolute atomic E-state index is 0.704. The molecule has 0 amide bonds. The number of aryl methyl sites for hydroxylation is 1. The number of nitrogens with zero attached hydrogens (tertiary/aromatic N) is 3. The molecule has 0 aliphatic heterocycles. The number of hydrogen-bond acceptors (Lipinski definition) is 5. The van der Waals surface area contributed by atoms with Crippen molar-refractivity contribution in [3.8, 4) is 5.75 Å². The Labute approximate surface area is 151 Å². The van der Waals surface area contributed by atoms with E-state index in [0.717, 1.165) is 56.2 Å². The van der Waals surface area contributed by atoms with Crippen LogP contribution in [0.1, 0.15) is 37.9 Å². The monoisotopic (exact) mass is 342 g/mol. The number of rotatable bonds is 10. The Morgan fingerprint density at radius 3 is 2.52 bits per heavy atom. The zero-order chi connectivity index (χ0) is 18.1. The number of methoxy groups -OCH3 is 1. The van der Waals surface area contributed by atoms with Gasteiger partial charge in [-0.3, -0.25) is 0 Å². The van der Waals surface area contributed by atoms with Crippen molar-refractivity contribution in [2.45, 2.75) is 40.0 Å². The molecule has 1 heterocycles. The van der Waals surface area contributed by atoms with Crippen LogP contribution in [-0.2, 0) is 6.42 Å². The highest BCUT2D eigenvalue weighted by molar-refractivity contribution is 5.44. The van der Waals surface area contributed by atoms with Gasteiger partial charge in [0, 0.05) is 31.4 Å². The average molecular weight is 342 g/mol. The highest BCUT2D eigenvalue weighted by Gasteiger charge is 2.09. The van der Waals surface area contributed by atoms with Gasteiger partial charge in [0.25, 0.3) is 0 Å². The summed E-state index contributed by atoms with van der Waals surface area (Å²) in [5, 5.41) is 3.36. The largest absolute Gasteiger partial charge is 0.497 e. The van der Waals surface area contributed by atoms with E-state index in [9.17, 15) is 0 Å². The maximum atomic E-state index is 5.27. The Bertz CT molecular complexity index is 654. The quantitative estimate of drug-likeness (QED) is 0.705. The molecule has 0 atom stereocenters. The van der Waals surface area contributed by atoms with Crippen LogP contribution in [0, 0.1) is 6.92 Å². The predicted octanol–water partition coefficient (Wildman–Crippen LogP) is 4.07. The average Bonchev–Trinajstić information content (AvgIpc) is 2.61. The Balaban J connectivity index is 2.01. The van der Waals surface area contributed by atoms with E-state index in [1.807, 2.05) is 19.1 Å². The van der Waals surface area contributed by atoms with Crippen LogP contribution in [0.5, 0.6) is 5.75 Å². The lowest BCUT2D eigenvalue weighted by molar-refractivity contribution is 0.414. The topological polar surface area (TPSA) is 50.3 Å². The first-order valence-corrected chi connectivity index (χ1v) is 9.13. The molecule has 2 rings (SSSR count). The Morgan fingerprint density at radius 1 is 1.08 bits per heavy atom. The van der Waals surface area contributed by atoms with Gasteiger partial charge in [0.15, 0.2) is 0 Å². The SMILES string of the molecule is CCCN(CCC)c1cc(C)nc(NCCc2cccc(OC)c2)n1. The van der Waals surface area contributed by atoms with E-state index < -0.39 is 0 Å². The minimum atomic E-state index is 0.704. The van der Waals surface area contributed by atoms with Crippen LogP contribution in [0.15, 0.2) is 30.3 Å². The van der Waals surface area contributed by atoms with E-state index in [1.165, 1.54) is 5.56 Å². The van der Waals surface area contributed by atoms with Crippen LogP contribution in [-0.4, -0.2) is 36.7 Å². The van der Waals surface area contributed by atoms with Crippen molar-refractivity contribution in [3.05, 3.63) is 41.6 Å². The molecule has 1 N–H and O–H groups in total. The molecule has 25 heavy (non-hydrogen) atoms. The number of nitrogens with one attached hydrogen (secondary N) is 1. The summed E-state index contributed by atoms with van der Waals surface area (Å²) in [6.45, 7) is 9.25. The van der Waals surface area contributed by atoms with Crippen molar-refractivity contribution in [2.75, 3.05) is 37.0 Å². The first-order valence-electron chi connectivity index (χ1n) is 9.13. The number of benzene rings is 1. The van der Waals surface area contributed by atoms with E-state index in [0.29, 0.717) is 5.95 Å². The zero-order valence-corrected chi connectivity index (χ0v) is 15.9. The van der Waals surface area contributed by atoms with Gasteiger partial charge in [-0.1, -0.05) is 26.0 Å². The lowest BCUT2D eigenvalue weighted by Crippen LogP contribution is -2.26. The third-order valence-corrected chi connectivity index (χ3v) is 3.98. The smallest absolute Gasteiger partial charge is 0.224 e. The molecule has 0 unspecified atom stereocenters. The minimum Gasteiger partial charge on any atom is -0.497 e. The fraction of sp³-hybridized carbons (Fsp3) is 0.500. The van der Waals surface area contributed by atoms with Gasteiger partial charge in [-0.15, -0.1) is 0 Å². The Morgan fingerprint density at radius 2 is 1.84 bits per heavy atom. The molecule has 5 heteroatoms. The molecule has 0 saturated carbocycles. The summed E-state index contributed by atoms with van der Waals surface area (Å²) >= 11 is 0. The normalized spacial score (nSPS) is 10.6. The number of hydrogen-bond donors (Lipinski definition) is 1. The van der Waals surface area contributed by atoms with Crippen LogP contribution in [0.4, 0.5) is 11.8 Å². The molecule has 0 bridgehead atoms. The molecule has 2 aromatic rings. The first kappa shape index (κ1) is 19.0. The van der Waals surface area contributed by atoms with Gasteiger partial charge < -0.3 is 15.0 Å². The van der Waals surface area contributed by atoms with E-state index in [2.05, 4.69) is 47.2 Å². The van der Waals surface area contributed by atoms with Crippen molar-refractivity contribution in [1.82, 2.24) is 9.97 Å². The molecular formula is C20H30N4O. The summed E-state index contributed by atoms with van der Waals surface area (Å²) in [5.41, 5.74) is 2.23. The van der Waals surface area contributed by atoms with Gasteiger partial charge in [-0.2, -0.15) is 4.98 Å². The van der Waals surface area contributed by atoms with Gasteiger partial charge in [0.1, 0.15) is 11.6 Å². The summed E-state index contributed by atoms with van der Waals surface area (Å²) in [5.74, 6) is 2.61. The molecule has 1 aromatic carbocycles. The second-order valence-corrected chi connectivity index (χ2v) is 6.21. The van der Waals surface area contributed by atoms with Gasteiger partial charge in [0.05, 0.1) is 7.11 Å². The van der Waals surface area contributed by atoms with Crippen molar-refractivity contribution in [3.63, 3.8) is 0 Å². The molecule has 0 fully saturated rings. The number of anilines is 2. The third kappa shape index (κ3) is 5.93. The first-order chi connectivity index (χ1) is 12.2. The van der Waals surface area contributed by atoms with E-state index in [1.54, 1.807) is 7.11 Å². The molecule has 0 aliphatic carbocycles. The van der Waals surface area contributed by atoms with Crippen molar-refractivity contribution >= 4 is 11.8 Å². The van der Waals surface area contributed by atoms with E-state index in [4.69, 9.17) is 9.72 Å². The van der Waals surface area contributed by atoms with Gasteiger partial charge in [0.2, 0.25) is 5.95 Å². The van der Waals surface area contributed by atoms with Crippen LogP contribution in [0.25, 0.3) is 0 Å². The molecule has 1 aromatic heterocycles. The van der Waals surface area contributed by atoms with E-state index >= 15 is 0 Å². The lowest BCUT2D eigenvalue weighted by atomic mass is 10.1. The van der Waals surface area contributed by atoms with Crippen molar-refractivity contribution in [2.24, 2.45) is 0 Å². The van der Waals surface area contributed by atoms with Gasteiger partial charge >= 0.3 is 0 Å². The zero-order valence-electron chi connectivity index (χ0n) is 15.9. The molecule has 5 nitrogen and oxygen atoms in total. The third-order valence-electron chi connectivity index (χ3n) is 3.98. The molecule has 0 radical (unpaired) electrons. The summed E-state index contributed by atoms with van der Waals surface area (Å²) in [6, 6.07) is 10.2. The van der Waals surface area contributed by atoms with Crippen LogP contribution < -0.4 is 15.0 Å². The summed E-state index contributed by atoms with van der Waals surface area (Å²) in [4.78, 5) is 11.6. The Hall–Kier alpha value is -2.30. The van der Waals surface area contributed by atoms with Crippen LogP contribution in [0.2, 0.25) is 0 Å². The molecule has 0 spiro atoms.